The van der Waals surface area contributed by atoms with Crippen LogP contribution in [0.2, 0.25) is 0 Å². The van der Waals surface area contributed by atoms with E-state index in [1.54, 1.807) is 0 Å². The average Bonchev–Trinajstić information content (AvgIpc) is 2.78. The van der Waals surface area contributed by atoms with Gasteiger partial charge < -0.3 is 14.9 Å². The number of ether oxygens (including phenoxy) is 1. The summed E-state index contributed by atoms with van der Waals surface area (Å²) < 4.78 is 4.95. The van der Waals surface area contributed by atoms with E-state index in [0.717, 1.165) is 12.8 Å². The van der Waals surface area contributed by atoms with Crippen molar-refractivity contribution >= 4 is 5.97 Å². The third kappa shape index (κ3) is 23.6. The van der Waals surface area contributed by atoms with Crippen molar-refractivity contribution in [2.75, 3.05) is 13.2 Å². The lowest BCUT2D eigenvalue weighted by molar-refractivity contribution is -0.153. The van der Waals surface area contributed by atoms with Crippen LogP contribution in [0.25, 0.3) is 0 Å². The number of rotatable bonds is 24. The third-order valence-electron chi connectivity index (χ3n) is 5.85. The molecule has 0 aliphatic heterocycles. The minimum Gasteiger partial charge on any atom is -0.457 e. The zero-order chi connectivity index (χ0) is 22.8. The van der Waals surface area contributed by atoms with Crippen molar-refractivity contribution in [2.45, 2.75) is 141 Å². The van der Waals surface area contributed by atoms with Crippen LogP contribution in [0.5, 0.6) is 0 Å². The Labute approximate surface area is 192 Å². The number of hydrogen-bond donors (Lipinski definition) is 2. The van der Waals surface area contributed by atoms with Gasteiger partial charge in [-0.1, -0.05) is 109 Å². The molecule has 0 unspecified atom stereocenters. The lowest BCUT2D eigenvalue weighted by atomic mass is 10.0. The molecule has 0 bridgehead atoms. The molecule has 4 heteroatoms. The maximum absolute atomic E-state index is 11.5. The summed E-state index contributed by atoms with van der Waals surface area (Å²) in [5, 5.41) is 17.8. The molecule has 184 valence electrons. The summed E-state index contributed by atoms with van der Waals surface area (Å²) in [5.74, 6) is -0.318. The molecule has 0 aromatic carbocycles. The second-order valence-corrected chi connectivity index (χ2v) is 8.93. The van der Waals surface area contributed by atoms with Gasteiger partial charge in [0, 0.05) is 6.42 Å². The van der Waals surface area contributed by atoms with Crippen LogP contribution in [0.1, 0.15) is 135 Å². The highest BCUT2D eigenvalue weighted by atomic mass is 16.6. The molecule has 0 amide bonds. The van der Waals surface area contributed by atoms with Gasteiger partial charge in [-0.25, -0.2) is 0 Å². The second kappa shape index (κ2) is 25.4. The number of hydrogen-bond acceptors (Lipinski definition) is 4. The molecule has 0 rings (SSSR count). The number of carbonyl (C=O) groups excluding carboxylic acids is 1. The van der Waals surface area contributed by atoms with E-state index in [0.29, 0.717) is 6.42 Å². The van der Waals surface area contributed by atoms with Gasteiger partial charge in [0.2, 0.25) is 0 Å². The van der Waals surface area contributed by atoms with Gasteiger partial charge in [0.15, 0.2) is 0 Å². The van der Waals surface area contributed by atoms with Gasteiger partial charge in [-0.15, -0.1) is 0 Å². The minimum atomic E-state index is -0.765. The quantitative estimate of drug-likeness (QED) is 0.0941. The molecular formula is C27H52O4. The summed E-state index contributed by atoms with van der Waals surface area (Å²) in [4.78, 5) is 11.5. The van der Waals surface area contributed by atoms with Crippen molar-refractivity contribution in [3.05, 3.63) is 12.2 Å². The van der Waals surface area contributed by atoms with Gasteiger partial charge in [0.25, 0.3) is 0 Å². The van der Waals surface area contributed by atoms with Crippen molar-refractivity contribution in [1.82, 2.24) is 0 Å². The van der Waals surface area contributed by atoms with Gasteiger partial charge in [0.1, 0.15) is 6.10 Å². The van der Waals surface area contributed by atoms with Crippen molar-refractivity contribution in [3.8, 4) is 0 Å². The zero-order valence-electron chi connectivity index (χ0n) is 20.5. The number of carbonyl (C=O) groups is 1. The van der Waals surface area contributed by atoms with E-state index in [-0.39, 0.29) is 19.2 Å². The molecule has 0 aliphatic carbocycles. The molecule has 0 fully saturated rings. The first-order chi connectivity index (χ1) is 15.2. The SMILES string of the molecule is CCCCCCCCC=CCCCCCCCCCCCCCC(=O)OC(CO)CO. The predicted molar refractivity (Wildman–Crippen MR) is 131 cm³/mol. The van der Waals surface area contributed by atoms with E-state index in [4.69, 9.17) is 14.9 Å². The highest BCUT2D eigenvalue weighted by Crippen LogP contribution is 2.13. The molecule has 0 saturated heterocycles. The van der Waals surface area contributed by atoms with E-state index < -0.39 is 6.10 Å². The minimum absolute atomic E-state index is 0.318. The fourth-order valence-electron chi connectivity index (χ4n) is 3.78. The van der Waals surface area contributed by atoms with Crippen LogP contribution in [0.15, 0.2) is 12.2 Å². The summed E-state index contributed by atoms with van der Waals surface area (Å²) in [6, 6.07) is 0. The van der Waals surface area contributed by atoms with Crippen LogP contribution in [0, 0.1) is 0 Å². The largest absolute Gasteiger partial charge is 0.457 e. The molecular weight excluding hydrogens is 388 g/mol. The van der Waals surface area contributed by atoms with Crippen molar-refractivity contribution in [2.24, 2.45) is 0 Å². The smallest absolute Gasteiger partial charge is 0.306 e. The first-order valence-corrected chi connectivity index (χ1v) is 13.3. The van der Waals surface area contributed by atoms with E-state index in [9.17, 15) is 4.79 Å². The van der Waals surface area contributed by atoms with Crippen LogP contribution in [0.3, 0.4) is 0 Å². The summed E-state index contributed by atoms with van der Waals surface area (Å²) >= 11 is 0. The Morgan fingerprint density at radius 1 is 0.645 bits per heavy atom. The molecule has 0 radical (unpaired) electrons. The van der Waals surface area contributed by atoms with E-state index in [1.807, 2.05) is 0 Å². The number of esters is 1. The predicted octanol–water partition coefficient (Wildman–Crippen LogP) is 7.26. The number of allylic oxidation sites excluding steroid dienone is 2. The van der Waals surface area contributed by atoms with Crippen molar-refractivity contribution in [3.63, 3.8) is 0 Å². The first kappa shape index (κ1) is 30.1. The summed E-state index contributed by atoms with van der Waals surface area (Å²) in [6.45, 7) is 1.63. The number of aliphatic hydroxyl groups excluding tert-OH is 2. The van der Waals surface area contributed by atoms with Crippen molar-refractivity contribution < 1.29 is 19.7 Å². The van der Waals surface area contributed by atoms with Crippen LogP contribution < -0.4 is 0 Å². The Balaban J connectivity index is 3.20. The molecule has 0 saturated carbocycles. The standard InChI is InChI=1S/C27H52O4/c1-2-3-4-5-6-7-8-9-10-11-12-13-14-15-16-17-18-19-20-21-22-23-27(30)31-26(24-28)25-29/h9-10,26,28-29H,2-8,11-25H2,1H3. The zero-order valence-corrected chi connectivity index (χ0v) is 20.5. The van der Waals surface area contributed by atoms with E-state index in [1.165, 1.54) is 109 Å². The van der Waals surface area contributed by atoms with Crippen LogP contribution in [-0.4, -0.2) is 35.5 Å². The van der Waals surface area contributed by atoms with Crippen LogP contribution in [-0.2, 0) is 9.53 Å². The first-order valence-electron chi connectivity index (χ1n) is 13.3. The monoisotopic (exact) mass is 440 g/mol. The third-order valence-corrected chi connectivity index (χ3v) is 5.85. The molecule has 0 aromatic heterocycles. The Hall–Kier alpha value is -0.870. The molecule has 31 heavy (non-hydrogen) atoms. The van der Waals surface area contributed by atoms with Crippen molar-refractivity contribution in [1.29, 1.82) is 0 Å². The molecule has 0 aromatic rings. The van der Waals surface area contributed by atoms with Gasteiger partial charge in [-0.3, -0.25) is 4.79 Å². The molecule has 0 atom stereocenters. The van der Waals surface area contributed by atoms with E-state index >= 15 is 0 Å². The van der Waals surface area contributed by atoms with E-state index in [2.05, 4.69) is 19.1 Å². The van der Waals surface area contributed by atoms with Gasteiger partial charge in [-0.05, 0) is 32.1 Å². The molecule has 0 heterocycles. The normalized spacial score (nSPS) is 11.6. The molecule has 2 N–H and O–H groups in total. The maximum atomic E-state index is 11.5. The topological polar surface area (TPSA) is 66.8 Å². The molecule has 4 nitrogen and oxygen atoms in total. The Kier molecular flexibility index (Phi) is 24.7. The Bertz CT molecular complexity index is 391. The second-order valence-electron chi connectivity index (χ2n) is 8.93. The highest BCUT2D eigenvalue weighted by Gasteiger charge is 2.11. The maximum Gasteiger partial charge on any atom is 0.306 e. The van der Waals surface area contributed by atoms with Gasteiger partial charge in [0.05, 0.1) is 13.2 Å². The molecule has 0 aliphatic rings. The number of unbranched alkanes of at least 4 members (excludes halogenated alkanes) is 17. The summed E-state index contributed by atoms with van der Waals surface area (Å²) in [5.41, 5.74) is 0. The van der Waals surface area contributed by atoms with Gasteiger partial charge >= 0.3 is 5.97 Å². The summed E-state index contributed by atoms with van der Waals surface area (Å²) in [7, 11) is 0. The fraction of sp³-hybridized carbons (Fsp3) is 0.889. The lowest BCUT2D eigenvalue weighted by Crippen LogP contribution is -2.25. The van der Waals surface area contributed by atoms with Gasteiger partial charge in [-0.2, -0.15) is 0 Å². The Morgan fingerprint density at radius 3 is 1.45 bits per heavy atom. The average molecular weight is 441 g/mol. The Morgan fingerprint density at radius 2 is 1.03 bits per heavy atom. The molecule has 0 spiro atoms. The van der Waals surface area contributed by atoms with Crippen LogP contribution in [0.4, 0.5) is 0 Å². The highest BCUT2D eigenvalue weighted by molar-refractivity contribution is 5.69. The fourth-order valence-corrected chi connectivity index (χ4v) is 3.78. The van der Waals surface area contributed by atoms with Crippen LogP contribution >= 0.6 is 0 Å². The lowest BCUT2D eigenvalue weighted by Gasteiger charge is -2.12. The number of aliphatic hydroxyl groups is 2. The summed E-state index contributed by atoms with van der Waals surface area (Å²) in [6.07, 6.45) is 29.0.